The Balaban J connectivity index is 2.05. The summed E-state index contributed by atoms with van der Waals surface area (Å²) in [5, 5.41) is 12.3. The second-order valence-corrected chi connectivity index (χ2v) is 6.18. The Kier molecular flexibility index (Phi) is 6.00. The van der Waals surface area contributed by atoms with E-state index in [2.05, 4.69) is 24.1 Å². The molecule has 1 atom stereocenters. The van der Waals surface area contributed by atoms with Crippen LogP contribution in [0.1, 0.15) is 45.1 Å². The molecule has 0 bridgehead atoms. The summed E-state index contributed by atoms with van der Waals surface area (Å²) in [4.78, 5) is 2.17. The Bertz CT molecular complexity index is 450. The summed E-state index contributed by atoms with van der Waals surface area (Å²) in [5.41, 5.74) is 1.69. The van der Waals surface area contributed by atoms with Crippen LogP contribution < -0.4 is 10.2 Å². The third-order valence-electron chi connectivity index (χ3n) is 4.11. The molecule has 1 unspecified atom stereocenters. The fourth-order valence-electron chi connectivity index (χ4n) is 3.00. The van der Waals surface area contributed by atoms with E-state index in [1.165, 1.54) is 0 Å². The highest BCUT2D eigenvalue weighted by Crippen LogP contribution is 2.30. The van der Waals surface area contributed by atoms with E-state index < -0.39 is 0 Å². The first-order chi connectivity index (χ1) is 10.1. The molecule has 0 radical (unpaired) electrons. The van der Waals surface area contributed by atoms with Crippen molar-refractivity contribution in [3.05, 3.63) is 29.6 Å². The maximum atomic E-state index is 14.4. The van der Waals surface area contributed by atoms with Gasteiger partial charge >= 0.3 is 0 Å². The highest BCUT2D eigenvalue weighted by Gasteiger charge is 2.26. The molecular weight excluding hydrogens is 267 g/mol. The van der Waals surface area contributed by atoms with E-state index in [-0.39, 0.29) is 12.4 Å². The number of hydrogen-bond acceptors (Lipinski definition) is 3. The minimum atomic E-state index is -0.131. The van der Waals surface area contributed by atoms with Crippen molar-refractivity contribution in [3.8, 4) is 0 Å². The van der Waals surface area contributed by atoms with Crippen LogP contribution in [-0.4, -0.2) is 30.3 Å². The summed E-state index contributed by atoms with van der Waals surface area (Å²) in [6.07, 6.45) is 3.92. The Morgan fingerprint density at radius 3 is 2.90 bits per heavy atom. The number of rotatable bonds is 7. The molecule has 0 aromatic heterocycles. The Morgan fingerprint density at radius 2 is 2.24 bits per heavy atom. The fourth-order valence-corrected chi connectivity index (χ4v) is 3.00. The van der Waals surface area contributed by atoms with Crippen molar-refractivity contribution in [2.75, 3.05) is 18.1 Å². The summed E-state index contributed by atoms with van der Waals surface area (Å²) in [6.45, 7) is 5.99. The number of hydrogen-bond donors (Lipinski definition) is 2. The summed E-state index contributed by atoms with van der Waals surface area (Å²) in [7, 11) is 0. The number of halogens is 1. The van der Waals surface area contributed by atoms with Crippen molar-refractivity contribution in [1.29, 1.82) is 0 Å². The van der Waals surface area contributed by atoms with Crippen LogP contribution in [0.4, 0.5) is 10.1 Å². The van der Waals surface area contributed by atoms with Gasteiger partial charge in [-0.15, -0.1) is 0 Å². The molecule has 118 valence electrons. The SMILES string of the molecule is CC(C)NCc1ccc(N2CCCC2CCCO)c(F)c1. The first-order valence-corrected chi connectivity index (χ1v) is 8.01. The van der Waals surface area contributed by atoms with Crippen LogP contribution in [0, 0.1) is 5.82 Å². The summed E-state index contributed by atoms with van der Waals surface area (Å²) in [6, 6.07) is 6.33. The molecule has 1 aromatic carbocycles. The van der Waals surface area contributed by atoms with E-state index in [0.717, 1.165) is 37.8 Å². The van der Waals surface area contributed by atoms with Gasteiger partial charge in [0.25, 0.3) is 0 Å². The van der Waals surface area contributed by atoms with Gasteiger partial charge in [-0.3, -0.25) is 0 Å². The fraction of sp³-hybridized carbons (Fsp3) is 0.647. The van der Waals surface area contributed by atoms with Gasteiger partial charge in [-0.2, -0.15) is 0 Å². The number of nitrogens with one attached hydrogen (secondary N) is 1. The van der Waals surface area contributed by atoms with Gasteiger partial charge in [0.1, 0.15) is 5.82 Å². The van der Waals surface area contributed by atoms with Gasteiger partial charge in [-0.05, 0) is 43.4 Å². The van der Waals surface area contributed by atoms with E-state index >= 15 is 0 Å². The number of aliphatic hydroxyl groups is 1. The van der Waals surface area contributed by atoms with E-state index in [1.54, 1.807) is 6.07 Å². The summed E-state index contributed by atoms with van der Waals surface area (Å²) in [5.74, 6) is -0.131. The lowest BCUT2D eigenvalue weighted by Gasteiger charge is -2.27. The number of aliphatic hydroxyl groups excluding tert-OH is 1. The quantitative estimate of drug-likeness (QED) is 0.811. The van der Waals surface area contributed by atoms with Crippen molar-refractivity contribution in [3.63, 3.8) is 0 Å². The molecular formula is C17H27FN2O. The molecule has 1 aliphatic rings. The van der Waals surface area contributed by atoms with Gasteiger partial charge in [0.15, 0.2) is 0 Å². The number of benzene rings is 1. The Labute approximate surface area is 127 Å². The topological polar surface area (TPSA) is 35.5 Å². The molecule has 4 heteroatoms. The lowest BCUT2D eigenvalue weighted by Crippen LogP contribution is -2.30. The van der Waals surface area contributed by atoms with Crippen LogP contribution in [0.2, 0.25) is 0 Å². The average molecular weight is 294 g/mol. The second kappa shape index (κ2) is 7.76. The van der Waals surface area contributed by atoms with E-state index in [4.69, 9.17) is 5.11 Å². The largest absolute Gasteiger partial charge is 0.396 e. The zero-order valence-corrected chi connectivity index (χ0v) is 13.1. The maximum Gasteiger partial charge on any atom is 0.146 e. The second-order valence-electron chi connectivity index (χ2n) is 6.18. The Hall–Kier alpha value is -1.13. The standard InChI is InChI=1S/C17H27FN2O/c1-13(2)19-12-14-7-8-17(16(18)11-14)20-9-3-5-15(20)6-4-10-21/h7-8,11,13,15,19,21H,3-6,9-10,12H2,1-2H3. The normalized spacial score (nSPS) is 18.7. The van der Waals surface area contributed by atoms with Gasteiger partial charge in [-0.1, -0.05) is 19.9 Å². The van der Waals surface area contributed by atoms with Crippen molar-refractivity contribution < 1.29 is 9.50 Å². The van der Waals surface area contributed by atoms with Crippen molar-refractivity contribution >= 4 is 5.69 Å². The van der Waals surface area contributed by atoms with Gasteiger partial charge in [0.05, 0.1) is 5.69 Å². The Morgan fingerprint density at radius 1 is 1.43 bits per heavy atom. The first-order valence-electron chi connectivity index (χ1n) is 8.01. The lowest BCUT2D eigenvalue weighted by molar-refractivity contribution is 0.279. The van der Waals surface area contributed by atoms with E-state index in [0.29, 0.717) is 24.3 Å². The minimum Gasteiger partial charge on any atom is -0.396 e. The van der Waals surface area contributed by atoms with E-state index in [9.17, 15) is 4.39 Å². The monoisotopic (exact) mass is 294 g/mol. The predicted octanol–water partition coefficient (Wildman–Crippen LogP) is 3.07. The lowest BCUT2D eigenvalue weighted by atomic mass is 10.1. The van der Waals surface area contributed by atoms with Crippen LogP contribution in [0.3, 0.4) is 0 Å². The van der Waals surface area contributed by atoms with Crippen LogP contribution in [0.5, 0.6) is 0 Å². The van der Waals surface area contributed by atoms with Crippen LogP contribution >= 0.6 is 0 Å². The predicted molar refractivity (Wildman–Crippen MR) is 85.1 cm³/mol. The third kappa shape index (κ3) is 4.42. The molecule has 21 heavy (non-hydrogen) atoms. The van der Waals surface area contributed by atoms with Gasteiger partial charge < -0.3 is 15.3 Å². The van der Waals surface area contributed by atoms with Crippen molar-refractivity contribution in [2.24, 2.45) is 0 Å². The zero-order valence-electron chi connectivity index (χ0n) is 13.1. The molecule has 2 rings (SSSR count). The molecule has 0 amide bonds. The minimum absolute atomic E-state index is 0.131. The maximum absolute atomic E-state index is 14.4. The van der Waals surface area contributed by atoms with Crippen LogP contribution in [0.15, 0.2) is 18.2 Å². The molecule has 2 N–H and O–H groups in total. The summed E-state index contributed by atoms with van der Waals surface area (Å²) >= 11 is 0. The van der Waals surface area contributed by atoms with Crippen LogP contribution in [0.25, 0.3) is 0 Å². The van der Waals surface area contributed by atoms with Crippen LogP contribution in [-0.2, 0) is 6.54 Å². The highest BCUT2D eigenvalue weighted by atomic mass is 19.1. The molecule has 1 aromatic rings. The van der Waals surface area contributed by atoms with Crippen molar-refractivity contribution in [2.45, 2.75) is 58.2 Å². The third-order valence-corrected chi connectivity index (χ3v) is 4.11. The molecule has 0 aliphatic carbocycles. The highest BCUT2D eigenvalue weighted by molar-refractivity contribution is 5.51. The number of nitrogens with zero attached hydrogens (tertiary/aromatic N) is 1. The zero-order chi connectivity index (χ0) is 15.2. The van der Waals surface area contributed by atoms with E-state index in [1.807, 2.05) is 12.1 Å². The first kappa shape index (κ1) is 16.2. The number of anilines is 1. The molecule has 3 nitrogen and oxygen atoms in total. The average Bonchev–Trinajstić information content (AvgIpc) is 2.91. The van der Waals surface area contributed by atoms with Gasteiger partial charge in [-0.25, -0.2) is 4.39 Å². The van der Waals surface area contributed by atoms with Crippen molar-refractivity contribution in [1.82, 2.24) is 5.32 Å². The van der Waals surface area contributed by atoms with Gasteiger partial charge in [0, 0.05) is 31.8 Å². The summed E-state index contributed by atoms with van der Waals surface area (Å²) < 4.78 is 14.4. The molecule has 1 fully saturated rings. The smallest absolute Gasteiger partial charge is 0.146 e. The molecule has 0 saturated carbocycles. The van der Waals surface area contributed by atoms with Gasteiger partial charge in [0.2, 0.25) is 0 Å². The molecule has 1 heterocycles. The molecule has 1 saturated heterocycles. The molecule has 0 spiro atoms. The molecule has 1 aliphatic heterocycles.